The van der Waals surface area contributed by atoms with Crippen molar-refractivity contribution in [2.75, 3.05) is 7.11 Å². The minimum absolute atomic E-state index is 0.160. The van der Waals surface area contributed by atoms with Crippen LogP contribution in [0.25, 0.3) is 22.3 Å². The van der Waals surface area contributed by atoms with Gasteiger partial charge >= 0.3 is 0 Å². The predicted octanol–water partition coefficient (Wildman–Crippen LogP) is 4.19. The molecule has 0 spiro atoms. The van der Waals surface area contributed by atoms with Crippen molar-refractivity contribution < 1.29 is 9.53 Å². The number of imidazole rings is 1. The van der Waals surface area contributed by atoms with E-state index in [0.29, 0.717) is 5.69 Å². The van der Waals surface area contributed by atoms with E-state index >= 15 is 0 Å². The van der Waals surface area contributed by atoms with Crippen molar-refractivity contribution in [3.8, 4) is 17.0 Å². The molecule has 1 atom stereocenters. The second-order valence-electron chi connectivity index (χ2n) is 8.25. The maximum atomic E-state index is 13.3. The average Bonchev–Trinajstić information content (AvgIpc) is 3.40. The molecule has 0 radical (unpaired) electrons. The Balaban J connectivity index is 1.46. The summed E-state index contributed by atoms with van der Waals surface area (Å²) in [5.41, 5.74) is 6.31. The number of para-hydroxylation sites is 2. The first-order valence-corrected chi connectivity index (χ1v) is 10.6. The van der Waals surface area contributed by atoms with Crippen molar-refractivity contribution in [2.24, 2.45) is 5.92 Å². The van der Waals surface area contributed by atoms with Gasteiger partial charge in [0.2, 0.25) is 0 Å². The molecule has 2 heterocycles. The number of amides is 1. The van der Waals surface area contributed by atoms with E-state index in [-0.39, 0.29) is 17.9 Å². The number of rotatable bonds is 5. The van der Waals surface area contributed by atoms with Gasteiger partial charge in [-0.1, -0.05) is 38.1 Å². The van der Waals surface area contributed by atoms with Gasteiger partial charge in [-0.2, -0.15) is 5.10 Å². The van der Waals surface area contributed by atoms with Gasteiger partial charge in [-0.3, -0.25) is 9.89 Å². The molecule has 158 valence electrons. The molecule has 0 fully saturated rings. The lowest BCUT2D eigenvalue weighted by atomic mass is 9.88. The second kappa shape index (κ2) is 7.58. The van der Waals surface area contributed by atoms with E-state index in [4.69, 9.17) is 9.72 Å². The molecular weight excluding hydrogens is 390 g/mol. The lowest BCUT2D eigenvalue weighted by Gasteiger charge is -2.21. The number of aromatic nitrogens is 4. The molecule has 1 aliphatic rings. The normalized spacial score (nSPS) is 13.7. The van der Waals surface area contributed by atoms with Crippen LogP contribution < -0.4 is 10.1 Å². The van der Waals surface area contributed by atoms with Crippen molar-refractivity contribution in [3.05, 3.63) is 65.1 Å². The topological polar surface area (TPSA) is 95.7 Å². The van der Waals surface area contributed by atoms with Gasteiger partial charge in [-0.05, 0) is 37.0 Å². The average molecular weight is 415 g/mol. The number of fused-ring (bicyclic) bond motifs is 4. The van der Waals surface area contributed by atoms with Gasteiger partial charge in [0.05, 0.1) is 29.9 Å². The van der Waals surface area contributed by atoms with E-state index in [9.17, 15) is 4.79 Å². The smallest absolute Gasteiger partial charge is 0.270 e. The number of nitrogens with one attached hydrogen (secondary N) is 3. The summed E-state index contributed by atoms with van der Waals surface area (Å²) in [5, 5.41) is 10.6. The van der Waals surface area contributed by atoms with E-state index in [1.165, 1.54) is 0 Å². The Bertz CT molecular complexity index is 1240. The van der Waals surface area contributed by atoms with Gasteiger partial charge in [-0.25, -0.2) is 4.98 Å². The van der Waals surface area contributed by atoms with E-state index in [2.05, 4.69) is 34.3 Å². The number of H-pyrrole nitrogens is 2. The number of aromatic amines is 2. The van der Waals surface area contributed by atoms with Crippen LogP contribution in [0.5, 0.6) is 5.75 Å². The number of hydrogen-bond donors (Lipinski definition) is 3. The summed E-state index contributed by atoms with van der Waals surface area (Å²) in [6.45, 7) is 4.15. The molecule has 0 bridgehead atoms. The molecule has 4 aromatic rings. The second-order valence-corrected chi connectivity index (χ2v) is 8.25. The Kier molecular flexibility index (Phi) is 4.73. The van der Waals surface area contributed by atoms with E-state index < -0.39 is 0 Å². The zero-order valence-corrected chi connectivity index (χ0v) is 17.8. The summed E-state index contributed by atoms with van der Waals surface area (Å²) < 4.78 is 5.51. The molecule has 7 heteroatoms. The first-order valence-electron chi connectivity index (χ1n) is 10.6. The zero-order valence-electron chi connectivity index (χ0n) is 17.8. The molecule has 1 amide bonds. The lowest BCUT2D eigenvalue weighted by molar-refractivity contribution is 0.0917. The molecule has 3 N–H and O–H groups in total. The molecule has 0 saturated heterocycles. The zero-order chi connectivity index (χ0) is 21.5. The molecule has 1 unspecified atom stereocenters. The molecule has 0 aliphatic heterocycles. The minimum Gasteiger partial charge on any atom is -0.496 e. The fourth-order valence-corrected chi connectivity index (χ4v) is 4.39. The minimum atomic E-state index is -0.241. The van der Waals surface area contributed by atoms with Crippen molar-refractivity contribution in [2.45, 2.75) is 32.7 Å². The highest BCUT2D eigenvalue weighted by atomic mass is 16.5. The molecule has 5 rings (SSSR count). The van der Waals surface area contributed by atoms with Gasteiger partial charge < -0.3 is 15.0 Å². The van der Waals surface area contributed by atoms with Gasteiger partial charge in [0.15, 0.2) is 0 Å². The van der Waals surface area contributed by atoms with Crippen LogP contribution in [0.4, 0.5) is 0 Å². The molecule has 2 aromatic heterocycles. The van der Waals surface area contributed by atoms with Crippen LogP contribution in [-0.4, -0.2) is 33.2 Å². The van der Waals surface area contributed by atoms with Crippen molar-refractivity contribution in [3.63, 3.8) is 0 Å². The summed E-state index contributed by atoms with van der Waals surface area (Å²) in [5.74, 6) is 1.61. The van der Waals surface area contributed by atoms with Gasteiger partial charge in [-0.15, -0.1) is 0 Å². The fourth-order valence-electron chi connectivity index (χ4n) is 4.39. The summed E-state index contributed by atoms with van der Waals surface area (Å²) in [6.07, 6.45) is 1.54. The first kappa shape index (κ1) is 19.4. The quantitative estimate of drug-likeness (QED) is 0.455. The standard InChI is InChI=1S/C24H25N5O2/c1-13(2)20(23-25-17-8-4-5-9-18(17)26-23)27-24(30)22-16-12-11-14-15(21(16)28-29-22)7-6-10-19(14)31-3/h4-10,13,20H,11-12H2,1-3H3,(H,25,26)(H,27,30)(H,28,29). The maximum Gasteiger partial charge on any atom is 0.270 e. The number of carbonyl (C=O) groups excluding carboxylic acids is 1. The third kappa shape index (κ3) is 3.26. The number of carbonyl (C=O) groups is 1. The highest BCUT2D eigenvalue weighted by Crippen LogP contribution is 2.38. The largest absolute Gasteiger partial charge is 0.496 e. The first-order chi connectivity index (χ1) is 15.1. The third-order valence-corrected chi connectivity index (χ3v) is 5.98. The molecule has 0 saturated carbocycles. The van der Waals surface area contributed by atoms with Crippen molar-refractivity contribution in [1.29, 1.82) is 0 Å². The van der Waals surface area contributed by atoms with Gasteiger partial charge in [0.25, 0.3) is 5.91 Å². The Labute approximate surface area is 180 Å². The summed E-state index contributed by atoms with van der Waals surface area (Å²) in [6, 6.07) is 13.6. The number of benzene rings is 2. The highest BCUT2D eigenvalue weighted by molar-refractivity contribution is 5.96. The summed E-state index contributed by atoms with van der Waals surface area (Å²) >= 11 is 0. The van der Waals surface area contributed by atoms with Crippen LogP contribution in [0.3, 0.4) is 0 Å². The number of hydrogen-bond acceptors (Lipinski definition) is 4. The summed E-state index contributed by atoms with van der Waals surface area (Å²) in [7, 11) is 1.68. The number of nitrogens with zero attached hydrogens (tertiary/aromatic N) is 2. The van der Waals surface area contributed by atoms with Crippen LogP contribution >= 0.6 is 0 Å². The maximum absolute atomic E-state index is 13.3. The van der Waals surface area contributed by atoms with Crippen LogP contribution in [0, 0.1) is 5.92 Å². The van der Waals surface area contributed by atoms with Crippen LogP contribution in [0.15, 0.2) is 42.5 Å². The molecule has 31 heavy (non-hydrogen) atoms. The van der Waals surface area contributed by atoms with E-state index in [1.807, 2.05) is 42.5 Å². The van der Waals surface area contributed by atoms with Gasteiger partial charge in [0.1, 0.15) is 17.3 Å². The molecule has 1 aliphatic carbocycles. The summed E-state index contributed by atoms with van der Waals surface area (Å²) in [4.78, 5) is 21.3. The predicted molar refractivity (Wildman–Crippen MR) is 119 cm³/mol. The third-order valence-electron chi connectivity index (χ3n) is 5.98. The molecule has 7 nitrogen and oxygen atoms in total. The fraction of sp³-hybridized carbons (Fsp3) is 0.292. The Morgan fingerprint density at radius 3 is 2.68 bits per heavy atom. The van der Waals surface area contributed by atoms with Crippen LogP contribution in [0.2, 0.25) is 0 Å². The molecular formula is C24H25N5O2. The van der Waals surface area contributed by atoms with E-state index in [0.717, 1.165) is 57.8 Å². The number of ether oxygens (including phenoxy) is 1. The SMILES string of the molecule is COc1cccc2c1CCc1c-2n[nH]c1C(=O)NC(c1nc2ccccc2[nH]1)C(C)C. The Morgan fingerprint density at radius 2 is 1.90 bits per heavy atom. The number of methoxy groups -OCH3 is 1. The van der Waals surface area contributed by atoms with Crippen molar-refractivity contribution >= 4 is 16.9 Å². The van der Waals surface area contributed by atoms with Crippen LogP contribution in [-0.2, 0) is 12.8 Å². The molecule has 2 aromatic carbocycles. The highest BCUT2D eigenvalue weighted by Gasteiger charge is 2.29. The van der Waals surface area contributed by atoms with Crippen molar-refractivity contribution in [1.82, 2.24) is 25.5 Å². The van der Waals surface area contributed by atoms with E-state index in [1.54, 1.807) is 7.11 Å². The van der Waals surface area contributed by atoms with Crippen LogP contribution in [0.1, 0.15) is 47.3 Å². The Hall–Kier alpha value is -3.61. The Morgan fingerprint density at radius 1 is 1.10 bits per heavy atom. The lowest BCUT2D eigenvalue weighted by Crippen LogP contribution is -2.33. The monoisotopic (exact) mass is 415 g/mol. The van der Waals surface area contributed by atoms with Gasteiger partial charge in [0, 0.05) is 16.7 Å².